The summed E-state index contributed by atoms with van der Waals surface area (Å²) in [4.78, 5) is 12.3. The van der Waals surface area contributed by atoms with Gasteiger partial charge in [0.05, 0.1) is 5.92 Å². The van der Waals surface area contributed by atoms with Gasteiger partial charge in [-0.1, -0.05) is 13.8 Å². The highest BCUT2D eigenvalue weighted by Crippen LogP contribution is 2.29. The van der Waals surface area contributed by atoms with Crippen LogP contribution in [-0.2, 0) is 4.79 Å². The van der Waals surface area contributed by atoms with Crippen molar-refractivity contribution in [3.8, 4) is 0 Å². The number of hydrogen-bond acceptors (Lipinski definition) is 2. The van der Waals surface area contributed by atoms with Crippen LogP contribution in [0.2, 0.25) is 0 Å². The molecule has 0 aromatic rings. The summed E-state index contributed by atoms with van der Waals surface area (Å²) in [5, 5.41) is 6.70. The molecule has 1 saturated carbocycles. The van der Waals surface area contributed by atoms with Crippen molar-refractivity contribution < 1.29 is 4.79 Å². The van der Waals surface area contributed by atoms with Crippen LogP contribution >= 0.6 is 0 Å². The van der Waals surface area contributed by atoms with Crippen LogP contribution in [0.1, 0.15) is 52.9 Å². The first-order valence-corrected chi connectivity index (χ1v) is 7.61. The van der Waals surface area contributed by atoms with Crippen LogP contribution in [-0.4, -0.2) is 24.5 Å². The molecule has 0 radical (unpaired) electrons. The quantitative estimate of drug-likeness (QED) is 0.792. The van der Waals surface area contributed by atoms with Gasteiger partial charge >= 0.3 is 0 Å². The first-order chi connectivity index (χ1) is 8.58. The predicted octanol–water partition coefficient (Wildman–Crippen LogP) is 2.32. The second kappa shape index (κ2) is 6.05. The third kappa shape index (κ3) is 3.25. The maximum absolute atomic E-state index is 12.3. The highest BCUT2D eigenvalue weighted by Gasteiger charge is 2.31. The monoisotopic (exact) mass is 252 g/mol. The first-order valence-electron chi connectivity index (χ1n) is 7.61. The first kappa shape index (κ1) is 13.9. The number of nitrogens with one attached hydrogen (secondary N) is 2. The third-order valence-electron chi connectivity index (χ3n) is 5.04. The van der Waals surface area contributed by atoms with Gasteiger partial charge in [-0.3, -0.25) is 4.79 Å². The summed E-state index contributed by atoms with van der Waals surface area (Å²) >= 11 is 0. The fourth-order valence-corrected chi connectivity index (χ4v) is 3.39. The Bertz CT molecular complexity index is 292. The van der Waals surface area contributed by atoms with Gasteiger partial charge in [0.15, 0.2) is 0 Å². The molecular weight excluding hydrogens is 224 g/mol. The molecule has 0 aromatic heterocycles. The van der Waals surface area contributed by atoms with E-state index in [1.165, 1.54) is 6.42 Å². The van der Waals surface area contributed by atoms with Crippen LogP contribution in [0.4, 0.5) is 0 Å². The zero-order chi connectivity index (χ0) is 13.1. The number of piperidine rings is 1. The normalized spacial score (nSPS) is 41.4. The number of carbonyl (C=O) groups excluding carboxylic acids is 1. The Hall–Kier alpha value is -0.570. The van der Waals surface area contributed by atoms with Crippen molar-refractivity contribution >= 4 is 5.91 Å². The molecule has 1 amide bonds. The molecule has 5 atom stereocenters. The van der Waals surface area contributed by atoms with Crippen molar-refractivity contribution in [3.63, 3.8) is 0 Å². The summed E-state index contributed by atoms with van der Waals surface area (Å²) in [6, 6.07) is 0.747. The fourth-order valence-electron chi connectivity index (χ4n) is 3.39. The Morgan fingerprint density at radius 2 is 1.89 bits per heavy atom. The zero-order valence-electron chi connectivity index (χ0n) is 12.0. The second-order valence-corrected chi connectivity index (χ2v) is 6.46. The summed E-state index contributed by atoms with van der Waals surface area (Å²) in [5.74, 6) is 2.01. The molecule has 1 aliphatic heterocycles. The molecule has 0 aromatic carbocycles. The molecule has 2 aliphatic rings. The summed E-state index contributed by atoms with van der Waals surface area (Å²) in [7, 11) is 0. The van der Waals surface area contributed by atoms with E-state index in [4.69, 9.17) is 0 Å². The van der Waals surface area contributed by atoms with Crippen LogP contribution in [0, 0.1) is 17.8 Å². The van der Waals surface area contributed by atoms with Crippen LogP contribution < -0.4 is 10.6 Å². The molecule has 0 bridgehead atoms. The third-order valence-corrected chi connectivity index (χ3v) is 5.04. The Morgan fingerprint density at radius 1 is 1.11 bits per heavy atom. The minimum absolute atomic E-state index is 0.174. The van der Waals surface area contributed by atoms with Crippen molar-refractivity contribution in [1.82, 2.24) is 10.6 Å². The van der Waals surface area contributed by atoms with Gasteiger partial charge in [0.25, 0.3) is 0 Å². The predicted molar refractivity (Wildman–Crippen MR) is 74.3 cm³/mol. The molecule has 2 rings (SSSR count). The minimum atomic E-state index is 0.174. The SMILES string of the molecule is CC1CCC(NC(=O)C2CCCNC2C)CC1C. The van der Waals surface area contributed by atoms with Crippen LogP contribution in [0.5, 0.6) is 0 Å². The van der Waals surface area contributed by atoms with Crippen molar-refractivity contribution in [2.45, 2.75) is 65.0 Å². The molecule has 3 nitrogen and oxygen atoms in total. The van der Waals surface area contributed by atoms with Crippen molar-refractivity contribution in [1.29, 1.82) is 0 Å². The van der Waals surface area contributed by atoms with Gasteiger partial charge in [0.1, 0.15) is 0 Å². The van der Waals surface area contributed by atoms with Crippen LogP contribution in [0.25, 0.3) is 0 Å². The number of amides is 1. The molecule has 3 heteroatoms. The van der Waals surface area contributed by atoms with Gasteiger partial charge in [0, 0.05) is 12.1 Å². The van der Waals surface area contributed by atoms with E-state index in [-0.39, 0.29) is 11.8 Å². The smallest absolute Gasteiger partial charge is 0.224 e. The highest BCUT2D eigenvalue weighted by molar-refractivity contribution is 5.79. The molecule has 0 spiro atoms. The Balaban J connectivity index is 1.83. The van der Waals surface area contributed by atoms with Crippen LogP contribution in [0.3, 0.4) is 0 Å². The molecule has 2 fully saturated rings. The molecule has 1 heterocycles. The van der Waals surface area contributed by atoms with Crippen molar-refractivity contribution in [2.75, 3.05) is 6.54 Å². The van der Waals surface area contributed by atoms with Crippen molar-refractivity contribution in [2.24, 2.45) is 17.8 Å². The van der Waals surface area contributed by atoms with Crippen LogP contribution in [0.15, 0.2) is 0 Å². The van der Waals surface area contributed by atoms with Gasteiger partial charge in [-0.15, -0.1) is 0 Å². The van der Waals surface area contributed by atoms with Crippen molar-refractivity contribution in [3.05, 3.63) is 0 Å². The fraction of sp³-hybridized carbons (Fsp3) is 0.933. The van der Waals surface area contributed by atoms with Gasteiger partial charge in [-0.05, 0) is 57.4 Å². The average Bonchev–Trinajstić information content (AvgIpc) is 2.34. The number of carbonyl (C=O) groups is 1. The molecule has 5 unspecified atom stereocenters. The van der Waals surface area contributed by atoms with Gasteiger partial charge in [-0.2, -0.15) is 0 Å². The lowest BCUT2D eigenvalue weighted by Gasteiger charge is -2.35. The largest absolute Gasteiger partial charge is 0.353 e. The summed E-state index contributed by atoms with van der Waals surface area (Å²) in [6.45, 7) is 7.83. The lowest BCUT2D eigenvalue weighted by molar-refractivity contribution is -0.127. The van der Waals surface area contributed by atoms with E-state index in [1.54, 1.807) is 0 Å². The minimum Gasteiger partial charge on any atom is -0.353 e. The molecule has 1 saturated heterocycles. The number of rotatable bonds is 2. The standard InChI is InChI=1S/C15H28N2O/c1-10-6-7-13(9-11(10)2)17-15(18)14-5-4-8-16-12(14)3/h10-14,16H,4-9H2,1-3H3,(H,17,18). The maximum atomic E-state index is 12.3. The Kier molecular flexibility index (Phi) is 4.66. The summed E-state index contributed by atoms with van der Waals surface area (Å²) in [5.41, 5.74) is 0. The lowest BCUT2D eigenvalue weighted by atomic mass is 9.79. The Morgan fingerprint density at radius 3 is 2.56 bits per heavy atom. The topological polar surface area (TPSA) is 41.1 Å². The summed E-state index contributed by atoms with van der Waals surface area (Å²) in [6.07, 6.45) is 5.73. The number of hydrogen-bond donors (Lipinski definition) is 2. The molecular formula is C15H28N2O. The lowest BCUT2D eigenvalue weighted by Crippen LogP contribution is -2.50. The molecule has 2 N–H and O–H groups in total. The Labute approximate surface area is 111 Å². The van der Waals surface area contributed by atoms with E-state index < -0.39 is 0 Å². The highest BCUT2D eigenvalue weighted by atomic mass is 16.2. The summed E-state index contributed by atoms with van der Waals surface area (Å²) < 4.78 is 0. The average molecular weight is 252 g/mol. The van der Waals surface area contributed by atoms with Gasteiger partial charge < -0.3 is 10.6 Å². The van der Waals surface area contributed by atoms with Gasteiger partial charge in [0.2, 0.25) is 5.91 Å². The van der Waals surface area contributed by atoms with E-state index in [0.29, 0.717) is 12.1 Å². The molecule has 1 aliphatic carbocycles. The maximum Gasteiger partial charge on any atom is 0.224 e. The van der Waals surface area contributed by atoms with Gasteiger partial charge in [-0.25, -0.2) is 0 Å². The van der Waals surface area contributed by atoms with E-state index >= 15 is 0 Å². The zero-order valence-corrected chi connectivity index (χ0v) is 12.0. The second-order valence-electron chi connectivity index (χ2n) is 6.46. The van der Waals surface area contributed by atoms with E-state index in [1.807, 2.05) is 0 Å². The van der Waals surface area contributed by atoms with E-state index in [0.717, 1.165) is 44.1 Å². The molecule has 104 valence electrons. The van der Waals surface area contributed by atoms with E-state index in [9.17, 15) is 4.79 Å². The van der Waals surface area contributed by atoms with E-state index in [2.05, 4.69) is 31.4 Å². The molecule has 18 heavy (non-hydrogen) atoms.